The molecule has 0 amide bonds. The number of nitrogens with zero attached hydrogens (tertiary/aromatic N) is 1. The molecule has 0 radical (unpaired) electrons. The van der Waals surface area contributed by atoms with Crippen LogP contribution in [0.4, 0.5) is 5.82 Å². The minimum Gasteiger partial charge on any atom is -0.453 e. The maximum Gasteiger partial charge on any atom is 0.348 e. The number of ether oxygens (including phenoxy) is 1. The highest BCUT2D eigenvalue weighted by atomic mass is 32.1. The highest BCUT2D eigenvalue weighted by Crippen LogP contribution is 2.25. The van der Waals surface area contributed by atoms with Crippen molar-refractivity contribution in [2.45, 2.75) is 0 Å². The Kier molecular flexibility index (Phi) is 4.24. The summed E-state index contributed by atoms with van der Waals surface area (Å²) in [6.07, 6.45) is 0. The number of esters is 1. The molecule has 1 aromatic carbocycles. The smallest absolute Gasteiger partial charge is 0.348 e. The van der Waals surface area contributed by atoms with Crippen molar-refractivity contribution in [1.29, 1.82) is 0 Å². The summed E-state index contributed by atoms with van der Waals surface area (Å²) in [6.45, 7) is -0.654. The number of carbonyl (C=O) groups excluding carboxylic acids is 2. The summed E-state index contributed by atoms with van der Waals surface area (Å²) >= 11 is 1.24. The monoisotopic (exact) mass is 359 g/mol. The lowest BCUT2D eigenvalue weighted by atomic mass is 10.2. The standard InChI is InChI=1S/C16H13N3O5S/c1-19-13(17)12(14(21)18-16(19)23)9(20)7-24-15(22)11-6-8-4-2-3-5-10(8)25-11/h2-6H,7,17H2,1H3,(H,18,21,23). The van der Waals surface area contributed by atoms with E-state index >= 15 is 0 Å². The number of anilines is 1. The van der Waals surface area contributed by atoms with Gasteiger partial charge in [0.15, 0.2) is 6.61 Å². The number of nitrogens with two attached hydrogens (primary N) is 1. The number of hydrogen-bond acceptors (Lipinski definition) is 7. The number of rotatable bonds is 4. The number of thiophene rings is 1. The molecule has 3 aromatic rings. The molecule has 0 spiro atoms. The van der Waals surface area contributed by atoms with E-state index in [1.54, 1.807) is 6.07 Å². The number of benzene rings is 1. The number of nitrogens with one attached hydrogen (secondary N) is 1. The normalized spacial score (nSPS) is 10.8. The summed E-state index contributed by atoms with van der Waals surface area (Å²) in [5, 5.41) is 0.893. The van der Waals surface area contributed by atoms with Crippen molar-refractivity contribution >= 4 is 39.0 Å². The first-order valence-electron chi connectivity index (χ1n) is 7.16. The Morgan fingerprint density at radius 3 is 2.72 bits per heavy atom. The van der Waals surface area contributed by atoms with Crippen LogP contribution in [-0.4, -0.2) is 27.9 Å². The molecule has 3 rings (SSSR count). The first kappa shape index (κ1) is 16.7. The lowest BCUT2D eigenvalue weighted by Gasteiger charge is -2.07. The lowest BCUT2D eigenvalue weighted by molar-refractivity contribution is 0.0479. The number of H-pyrrole nitrogens is 1. The second-order valence-corrected chi connectivity index (χ2v) is 6.31. The molecule has 2 heterocycles. The molecule has 0 aliphatic carbocycles. The van der Waals surface area contributed by atoms with Gasteiger partial charge in [0.25, 0.3) is 5.56 Å². The third-order valence-electron chi connectivity index (χ3n) is 3.61. The predicted molar refractivity (Wildman–Crippen MR) is 93.2 cm³/mol. The Bertz CT molecular complexity index is 1080. The van der Waals surface area contributed by atoms with Gasteiger partial charge in [-0.1, -0.05) is 18.2 Å². The third-order valence-corrected chi connectivity index (χ3v) is 4.71. The Labute approximate surface area is 144 Å². The van der Waals surface area contributed by atoms with Crippen LogP contribution in [0.2, 0.25) is 0 Å². The van der Waals surface area contributed by atoms with Gasteiger partial charge >= 0.3 is 11.7 Å². The minimum atomic E-state index is -0.913. The lowest BCUT2D eigenvalue weighted by Crippen LogP contribution is -2.35. The first-order chi connectivity index (χ1) is 11.9. The van der Waals surface area contributed by atoms with Gasteiger partial charge in [0.1, 0.15) is 16.3 Å². The number of Topliss-reactive ketones (excluding diaryl/α,β-unsaturated/α-hetero) is 1. The Morgan fingerprint density at radius 2 is 2.00 bits per heavy atom. The zero-order valence-corrected chi connectivity index (χ0v) is 13.9. The van der Waals surface area contributed by atoms with Crippen LogP contribution >= 0.6 is 11.3 Å². The molecule has 128 valence electrons. The molecule has 0 atom stereocenters. The summed E-state index contributed by atoms with van der Waals surface area (Å²) in [5.41, 5.74) is 3.58. The molecule has 8 nitrogen and oxygen atoms in total. The van der Waals surface area contributed by atoms with E-state index in [0.717, 1.165) is 14.7 Å². The fourth-order valence-corrected chi connectivity index (χ4v) is 3.22. The van der Waals surface area contributed by atoms with E-state index in [2.05, 4.69) is 0 Å². The number of hydrogen-bond donors (Lipinski definition) is 2. The van der Waals surface area contributed by atoms with E-state index < -0.39 is 35.2 Å². The van der Waals surface area contributed by atoms with Crippen LogP contribution < -0.4 is 17.0 Å². The summed E-state index contributed by atoms with van der Waals surface area (Å²) in [4.78, 5) is 49.8. The van der Waals surface area contributed by atoms with E-state index in [-0.39, 0.29) is 5.82 Å². The Hall–Kier alpha value is -3.20. The molecule has 0 unspecified atom stereocenters. The van der Waals surface area contributed by atoms with E-state index in [9.17, 15) is 19.2 Å². The van der Waals surface area contributed by atoms with Crippen LogP contribution in [0.15, 0.2) is 39.9 Å². The second kappa shape index (κ2) is 6.36. The van der Waals surface area contributed by atoms with Crippen molar-refractivity contribution in [3.8, 4) is 0 Å². The molecule has 0 aliphatic rings. The van der Waals surface area contributed by atoms with Gasteiger partial charge in [-0.15, -0.1) is 11.3 Å². The summed E-state index contributed by atoms with van der Waals surface area (Å²) in [5.74, 6) is -1.74. The van der Waals surface area contributed by atoms with Crippen molar-refractivity contribution in [2.75, 3.05) is 12.3 Å². The minimum absolute atomic E-state index is 0.281. The average Bonchev–Trinajstić information content (AvgIpc) is 3.02. The van der Waals surface area contributed by atoms with Crippen LogP contribution in [-0.2, 0) is 11.8 Å². The van der Waals surface area contributed by atoms with Gasteiger partial charge in [-0.25, -0.2) is 9.59 Å². The first-order valence-corrected chi connectivity index (χ1v) is 7.98. The van der Waals surface area contributed by atoms with Crippen molar-refractivity contribution < 1.29 is 14.3 Å². The third kappa shape index (κ3) is 3.09. The van der Waals surface area contributed by atoms with Gasteiger partial charge in [-0.05, 0) is 17.5 Å². The number of aromatic nitrogens is 2. The fourth-order valence-electron chi connectivity index (χ4n) is 2.26. The summed E-state index contributed by atoms with van der Waals surface area (Å²) in [6, 6.07) is 9.10. The summed E-state index contributed by atoms with van der Waals surface area (Å²) in [7, 11) is 1.31. The van der Waals surface area contributed by atoms with Crippen LogP contribution in [0, 0.1) is 0 Å². The molecule has 0 bridgehead atoms. The highest BCUT2D eigenvalue weighted by Gasteiger charge is 2.20. The van der Waals surface area contributed by atoms with Gasteiger partial charge in [0.2, 0.25) is 5.78 Å². The Morgan fingerprint density at radius 1 is 1.28 bits per heavy atom. The average molecular weight is 359 g/mol. The second-order valence-electron chi connectivity index (χ2n) is 5.23. The van der Waals surface area contributed by atoms with E-state index in [1.165, 1.54) is 18.4 Å². The van der Waals surface area contributed by atoms with Gasteiger partial charge in [0.05, 0.1) is 0 Å². The Balaban J connectivity index is 1.78. The molecular formula is C16H13N3O5S. The molecule has 2 aromatic heterocycles. The summed E-state index contributed by atoms with van der Waals surface area (Å²) < 4.78 is 6.83. The van der Waals surface area contributed by atoms with Gasteiger partial charge in [-0.2, -0.15) is 0 Å². The molecule has 3 N–H and O–H groups in total. The van der Waals surface area contributed by atoms with E-state index in [1.807, 2.05) is 29.2 Å². The van der Waals surface area contributed by atoms with Gasteiger partial charge in [-0.3, -0.25) is 19.1 Å². The van der Waals surface area contributed by atoms with Crippen molar-refractivity contribution in [3.05, 3.63) is 61.6 Å². The van der Waals surface area contributed by atoms with Gasteiger partial charge in [0, 0.05) is 11.7 Å². The van der Waals surface area contributed by atoms with Crippen LogP contribution in [0.5, 0.6) is 0 Å². The van der Waals surface area contributed by atoms with Crippen molar-refractivity contribution in [1.82, 2.24) is 9.55 Å². The molecule has 0 saturated heterocycles. The quantitative estimate of drug-likeness (QED) is 0.527. The van der Waals surface area contributed by atoms with E-state index in [4.69, 9.17) is 10.5 Å². The predicted octanol–water partition coefficient (Wildman–Crippen LogP) is 0.910. The van der Waals surface area contributed by atoms with Crippen LogP contribution in [0.1, 0.15) is 20.0 Å². The topological polar surface area (TPSA) is 124 Å². The maximum absolute atomic E-state index is 12.2. The zero-order chi connectivity index (χ0) is 18.1. The number of fused-ring (bicyclic) bond motifs is 1. The largest absolute Gasteiger partial charge is 0.453 e. The van der Waals surface area contributed by atoms with Crippen molar-refractivity contribution in [2.24, 2.45) is 7.05 Å². The SMILES string of the molecule is Cn1c(N)c(C(=O)COC(=O)c2cc3ccccc3s2)c(=O)[nH]c1=O. The number of carbonyl (C=O) groups is 2. The highest BCUT2D eigenvalue weighted by molar-refractivity contribution is 7.20. The molecule has 25 heavy (non-hydrogen) atoms. The molecule has 9 heteroatoms. The molecule has 0 saturated carbocycles. The van der Waals surface area contributed by atoms with Crippen LogP contribution in [0.25, 0.3) is 10.1 Å². The maximum atomic E-state index is 12.2. The molecule has 0 fully saturated rings. The fraction of sp³-hybridized carbons (Fsp3) is 0.125. The number of aromatic amines is 1. The van der Waals surface area contributed by atoms with Gasteiger partial charge < -0.3 is 10.5 Å². The van der Waals surface area contributed by atoms with Crippen molar-refractivity contribution in [3.63, 3.8) is 0 Å². The van der Waals surface area contributed by atoms with Crippen LogP contribution in [0.3, 0.4) is 0 Å². The zero-order valence-electron chi connectivity index (χ0n) is 13.1. The number of ketones is 1. The van der Waals surface area contributed by atoms with E-state index in [0.29, 0.717) is 4.88 Å². The molecule has 0 aliphatic heterocycles. The number of nitrogen functional groups attached to an aromatic ring is 1. The molecular weight excluding hydrogens is 346 g/mol.